The first-order chi connectivity index (χ1) is 19.2. The van der Waals surface area contributed by atoms with Crippen molar-refractivity contribution < 1.29 is 19.4 Å². The number of ether oxygens (including phenoxy) is 2. The van der Waals surface area contributed by atoms with E-state index in [0.717, 1.165) is 54.2 Å². The lowest BCUT2D eigenvalue weighted by atomic mass is 9.72. The average molecular weight is 634 g/mol. The van der Waals surface area contributed by atoms with Gasteiger partial charge in [0.1, 0.15) is 0 Å². The molecule has 1 aliphatic carbocycles. The molecule has 0 aromatic heterocycles. The van der Waals surface area contributed by atoms with Crippen LogP contribution in [0.4, 0.5) is 5.69 Å². The number of hydrogen-bond donors (Lipinski definition) is 1. The number of nitrogens with zero attached hydrogens (tertiary/aromatic N) is 2. The SMILES string of the molecule is CCOC(=O)c1ccc(N2CCN(CC3=C(c4ccc(Cl)cc4)CC(C)(C)CC3)C(COCCCO)C2)cc1Br. The highest BCUT2D eigenvalue weighted by Gasteiger charge is 2.32. The smallest absolute Gasteiger partial charge is 0.339 e. The van der Waals surface area contributed by atoms with E-state index in [1.165, 1.54) is 23.1 Å². The van der Waals surface area contributed by atoms with Crippen molar-refractivity contribution in [2.75, 3.05) is 57.5 Å². The summed E-state index contributed by atoms with van der Waals surface area (Å²) in [5, 5.41) is 9.99. The van der Waals surface area contributed by atoms with E-state index in [-0.39, 0.29) is 24.0 Å². The number of esters is 1. The van der Waals surface area contributed by atoms with Crippen LogP contribution in [0.15, 0.2) is 52.5 Å². The summed E-state index contributed by atoms with van der Waals surface area (Å²) in [7, 11) is 0. The van der Waals surface area contributed by atoms with E-state index < -0.39 is 0 Å². The van der Waals surface area contributed by atoms with Crippen molar-refractivity contribution in [3.05, 3.63) is 68.7 Å². The Kier molecular flexibility index (Phi) is 11.1. The van der Waals surface area contributed by atoms with Gasteiger partial charge in [0.05, 0.1) is 24.8 Å². The van der Waals surface area contributed by atoms with Crippen LogP contribution in [-0.4, -0.2) is 74.6 Å². The molecule has 6 nitrogen and oxygen atoms in total. The van der Waals surface area contributed by atoms with E-state index in [1.54, 1.807) is 0 Å². The Balaban J connectivity index is 1.55. The fourth-order valence-corrected chi connectivity index (χ4v) is 6.32. The van der Waals surface area contributed by atoms with Crippen molar-refractivity contribution in [2.45, 2.75) is 52.5 Å². The highest BCUT2D eigenvalue weighted by atomic mass is 79.9. The molecule has 2 aromatic carbocycles. The summed E-state index contributed by atoms with van der Waals surface area (Å²) in [5.41, 5.74) is 6.11. The van der Waals surface area contributed by atoms with Crippen LogP contribution in [-0.2, 0) is 9.47 Å². The van der Waals surface area contributed by atoms with Gasteiger partial charge in [0.2, 0.25) is 0 Å². The molecule has 0 radical (unpaired) electrons. The molecule has 2 aliphatic rings. The van der Waals surface area contributed by atoms with Gasteiger partial charge < -0.3 is 19.5 Å². The number of aliphatic hydroxyl groups is 1. The van der Waals surface area contributed by atoms with Crippen molar-refractivity contribution in [1.82, 2.24) is 4.90 Å². The minimum atomic E-state index is -0.318. The summed E-state index contributed by atoms with van der Waals surface area (Å²) in [6.45, 7) is 11.7. The van der Waals surface area contributed by atoms with Gasteiger partial charge in [0.25, 0.3) is 0 Å². The number of benzene rings is 2. The van der Waals surface area contributed by atoms with Crippen molar-refractivity contribution >= 4 is 44.8 Å². The zero-order chi connectivity index (χ0) is 28.7. The van der Waals surface area contributed by atoms with E-state index >= 15 is 0 Å². The Bertz CT molecular complexity index is 1180. The molecular formula is C32H42BrClN2O4. The Morgan fingerprint density at radius 2 is 1.95 bits per heavy atom. The van der Waals surface area contributed by atoms with E-state index in [1.807, 2.05) is 37.3 Å². The summed E-state index contributed by atoms with van der Waals surface area (Å²) in [6.07, 6.45) is 3.96. The highest BCUT2D eigenvalue weighted by molar-refractivity contribution is 9.10. The summed E-state index contributed by atoms with van der Waals surface area (Å²) in [5.74, 6) is -0.318. The number of carbonyl (C=O) groups excluding carboxylic acids is 1. The van der Waals surface area contributed by atoms with Crippen LogP contribution in [0, 0.1) is 5.41 Å². The molecule has 4 rings (SSSR count). The Morgan fingerprint density at radius 1 is 1.18 bits per heavy atom. The van der Waals surface area contributed by atoms with E-state index in [4.69, 9.17) is 21.1 Å². The number of anilines is 1. The number of halogens is 2. The highest BCUT2D eigenvalue weighted by Crippen LogP contribution is 2.43. The van der Waals surface area contributed by atoms with Crippen molar-refractivity contribution in [3.63, 3.8) is 0 Å². The van der Waals surface area contributed by atoms with Crippen LogP contribution in [0.1, 0.15) is 62.4 Å². The number of carbonyl (C=O) groups is 1. The summed E-state index contributed by atoms with van der Waals surface area (Å²) >= 11 is 9.79. The molecule has 0 spiro atoms. The summed E-state index contributed by atoms with van der Waals surface area (Å²) in [6, 6.07) is 14.3. The first-order valence-corrected chi connectivity index (χ1v) is 15.5. The number of hydrogen-bond acceptors (Lipinski definition) is 6. The van der Waals surface area contributed by atoms with Gasteiger partial charge in [-0.2, -0.15) is 0 Å². The van der Waals surface area contributed by atoms with E-state index in [0.29, 0.717) is 31.8 Å². The monoisotopic (exact) mass is 632 g/mol. The fraction of sp³-hybridized carbons (Fsp3) is 0.531. The summed E-state index contributed by atoms with van der Waals surface area (Å²) < 4.78 is 12.0. The lowest BCUT2D eigenvalue weighted by Gasteiger charge is -2.44. The zero-order valence-corrected chi connectivity index (χ0v) is 26.3. The predicted octanol–water partition coefficient (Wildman–Crippen LogP) is 6.83. The maximum Gasteiger partial charge on any atom is 0.339 e. The minimum absolute atomic E-state index is 0.133. The second-order valence-electron chi connectivity index (χ2n) is 11.5. The fourth-order valence-electron chi connectivity index (χ4n) is 5.66. The van der Waals surface area contributed by atoms with Crippen LogP contribution >= 0.6 is 27.5 Å². The molecule has 1 atom stereocenters. The third-order valence-corrected chi connectivity index (χ3v) is 8.86. The van der Waals surface area contributed by atoms with Crippen molar-refractivity contribution in [2.24, 2.45) is 5.41 Å². The number of piperazine rings is 1. The van der Waals surface area contributed by atoms with Crippen molar-refractivity contribution in [3.8, 4) is 0 Å². The molecule has 1 aliphatic heterocycles. The molecule has 0 bridgehead atoms. The number of aliphatic hydroxyl groups excluding tert-OH is 1. The molecule has 8 heteroatoms. The predicted molar refractivity (Wildman–Crippen MR) is 166 cm³/mol. The van der Waals surface area contributed by atoms with Gasteiger partial charge in [-0.3, -0.25) is 4.90 Å². The van der Waals surface area contributed by atoms with Crippen LogP contribution in [0.2, 0.25) is 5.02 Å². The Morgan fingerprint density at radius 3 is 2.65 bits per heavy atom. The Hall–Kier alpha value is -1.90. The number of rotatable bonds is 11. The zero-order valence-electron chi connectivity index (χ0n) is 23.9. The van der Waals surface area contributed by atoms with Gasteiger partial charge in [-0.05, 0) is 95.4 Å². The standard InChI is InChI=1S/C32H42BrClN2O4/c1-4-40-31(38)28-11-10-26(18-30(28)33)36-15-14-35(27(21-36)22-39-17-5-16-37)20-24-12-13-32(2,3)19-29(24)23-6-8-25(34)9-7-23/h6-11,18,27,37H,4-5,12-17,19-22H2,1-3H3. The van der Waals surface area contributed by atoms with Gasteiger partial charge in [-0.1, -0.05) is 43.2 Å². The molecule has 0 saturated carbocycles. The number of allylic oxidation sites excluding steroid dienone is 1. The topological polar surface area (TPSA) is 62.2 Å². The molecule has 40 heavy (non-hydrogen) atoms. The largest absolute Gasteiger partial charge is 0.462 e. The summed E-state index contributed by atoms with van der Waals surface area (Å²) in [4.78, 5) is 17.2. The molecule has 1 heterocycles. The minimum Gasteiger partial charge on any atom is -0.462 e. The van der Waals surface area contributed by atoms with Gasteiger partial charge >= 0.3 is 5.97 Å². The van der Waals surface area contributed by atoms with E-state index in [9.17, 15) is 9.90 Å². The second kappa shape index (κ2) is 14.3. The maximum absolute atomic E-state index is 12.3. The lowest BCUT2D eigenvalue weighted by molar-refractivity contribution is 0.0502. The first-order valence-electron chi connectivity index (χ1n) is 14.3. The normalized spacial score (nSPS) is 19.6. The van der Waals surface area contributed by atoms with E-state index in [2.05, 4.69) is 51.7 Å². The molecule has 1 N–H and O–H groups in total. The van der Waals surface area contributed by atoms with Crippen LogP contribution in [0.3, 0.4) is 0 Å². The molecular weight excluding hydrogens is 592 g/mol. The molecule has 1 saturated heterocycles. The Labute approximate surface area is 252 Å². The molecule has 1 fully saturated rings. The average Bonchev–Trinajstić information content (AvgIpc) is 2.93. The quantitative estimate of drug-likeness (QED) is 0.216. The first kappa shape index (κ1) is 31.0. The van der Waals surface area contributed by atoms with Crippen LogP contribution in [0.5, 0.6) is 0 Å². The molecule has 1 unspecified atom stereocenters. The molecule has 2 aromatic rings. The van der Waals surface area contributed by atoms with Gasteiger partial charge in [-0.15, -0.1) is 0 Å². The van der Waals surface area contributed by atoms with Gasteiger partial charge in [0.15, 0.2) is 0 Å². The van der Waals surface area contributed by atoms with Crippen LogP contribution < -0.4 is 4.90 Å². The lowest BCUT2D eigenvalue weighted by Crippen LogP contribution is -2.55. The third-order valence-electron chi connectivity index (χ3n) is 7.95. The van der Waals surface area contributed by atoms with Gasteiger partial charge in [-0.25, -0.2) is 4.79 Å². The third kappa shape index (κ3) is 8.10. The van der Waals surface area contributed by atoms with Crippen LogP contribution in [0.25, 0.3) is 5.57 Å². The molecule has 0 amide bonds. The maximum atomic E-state index is 12.3. The molecule has 218 valence electrons. The van der Waals surface area contributed by atoms with Crippen molar-refractivity contribution in [1.29, 1.82) is 0 Å². The second-order valence-corrected chi connectivity index (χ2v) is 12.8. The van der Waals surface area contributed by atoms with Gasteiger partial charge in [0, 0.05) is 54.6 Å².